The van der Waals surface area contributed by atoms with Gasteiger partial charge in [-0.25, -0.2) is 4.79 Å². The van der Waals surface area contributed by atoms with Crippen LogP contribution in [0.3, 0.4) is 0 Å². The van der Waals surface area contributed by atoms with E-state index in [4.69, 9.17) is 9.47 Å². The number of fused-ring (bicyclic) bond motifs is 2. The summed E-state index contributed by atoms with van der Waals surface area (Å²) in [6.45, 7) is 4.31. The largest absolute Gasteiger partial charge is 0.449 e. The van der Waals surface area contributed by atoms with Crippen LogP contribution in [0.25, 0.3) is 0 Å². The van der Waals surface area contributed by atoms with Gasteiger partial charge in [-0.3, -0.25) is 9.69 Å². The van der Waals surface area contributed by atoms with E-state index in [0.717, 1.165) is 25.8 Å². The van der Waals surface area contributed by atoms with Crippen LogP contribution < -0.4 is 5.32 Å². The second-order valence-corrected chi connectivity index (χ2v) is 6.41. The number of piperidine rings is 1. The maximum absolute atomic E-state index is 12.3. The molecule has 2 unspecified atom stereocenters. The van der Waals surface area contributed by atoms with Crippen molar-refractivity contribution in [3.63, 3.8) is 0 Å². The van der Waals surface area contributed by atoms with E-state index in [9.17, 15) is 9.59 Å². The Kier molecular flexibility index (Phi) is 4.06. The Morgan fingerprint density at radius 2 is 2.14 bits per heavy atom. The summed E-state index contributed by atoms with van der Waals surface area (Å²) in [6.07, 6.45) is 3.91. The molecular weight excluding hydrogens is 272 g/mol. The number of nitrogens with zero attached hydrogens (tertiary/aromatic N) is 1. The fourth-order valence-corrected chi connectivity index (χ4v) is 3.88. The molecule has 0 aliphatic carbocycles. The van der Waals surface area contributed by atoms with Crippen molar-refractivity contribution in [2.45, 2.75) is 51.1 Å². The van der Waals surface area contributed by atoms with Crippen LogP contribution in [-0.2, 0) is 14.3 Å². The van der Waals surface area contributed by atoms with Crippen LogP contribution in [0, 0.1) is 5.41 Å². The molecular formula is C15H24N2O4. The van der Waals surface area contributed by atoms with Crippen LogP contribution in [0.4, 0.5) is 4.79 Å². The van der Waals surface area contributed by atoms with Crippen molar-refractivity contribution in [1.29, 1.82) is 0 Å². The monoisotopic (exact) mass is 296 g/mol. The molecule has 1 N–H and O–H groups in total. The number of carbonyl (C=O) groups is 2. The van der Waals surface area contributed by atoms with Crippen LogP contribution in [0.1, 0.15) is 39.0 Å². The Hall–Kier alpha value is -1.30. The average Bonchev–Trinajstić information content (AvgIpc) is 2.79. The van der Waals surface area contributed by atoms with E-state index in [2.05, 4.69) is 12.2 Å². The minimum atomic E-state index is -0.292. The van der Waals surface area contributed by atoms with Gasteiger partial charge in [0.1, 0.15) is 0 Å². The van der Waals surface area contributed by atoms with Crippen LogP contribution >= 0.6 is 0 Å². The summed E-state index contributed by atoms with van der Waals surface area (Å²) in [5, 5.41) is 2.94. The minimum absolute atomic E-state index is 0.0320. The summed E-state index contributed by atoms with van der Waals surface area (Å²) >= 11 is 0. The van der Waals surface area contributed by atoms with Gasteiger partial charge in [0.2, 0.25) is 5.91 Å². The fraction of sp³-hybridized carbons (Fsp3) is 0.867. The molecule has 3 aliphatic rings. The Labute approximate surface area is 125 Å². The van der Waals surface area contributed by atoms with Crippen molar-refractivity contribution in [2.75, 3.05) is 26.4 Å². The van der Waals surface area contributed by atoms with E-state index in [0.29, 0.717) is 32.7 Å². The first-order valence-electron chi connectivity index (χ1n) is 7.97. The highest BCUT2D eigenvalue weighted by Crippen LogP contribution is 2.45. The fourth-order valence-electron chi connectivity index (χ4n) is 3.88. The number of nitrogens with one attached hydrogen (secondary N) is 1. The number of rotatable bonds is 3. The highest BCUT2D eigenvalue weighted by atomic mass is 16.6. The quantitative estimate of drug-likeness (QED) is 0.797. The lowest BCUT2D eigenvalue weighted by Crippen LogP contribution is -2.62. The predicted octanol–water partition coefficient (Wildman–Crippen LogP) is 1.29. The van der Waals surface area contributed by atoms with E-state index in [1.165, 1.54) is 0 Å². The minimum Gasteiger partial charge on any atom is -0.449 e. The topological polar surface area (TPSA) is 67.9 Å². The summed E-state index contributed by atoms with van der Waals surface area (Å²) in [4.78, 5) is 26.3. The SMILES string of the molecule is CCCCOC(=O)N1C2COCC1CC1(CCNC1=O)C2. The number of carbonyl (C=O) groups excluding carboxylic acids is 2. The molecule has 6 nitrogen and oxygen atoms in total. The average molecular weight is 296 g/mol. The first kappa shape index (κ1) is 14.6. The van der Waals surface area contributed by atoms with E-state index < -0.39 is 0 Å². The van der Waals surface area contributed by atoms with Crippen molar-refractivity contribution < 1.29 is 19.1 Å². The summed E-state index contributed by atoms with van der Waals surface area (Å²) in [6, 6.07) is -0.0639. The molecule has 0 aromatic rings. The number of amides is 2. The molecule has 3 fully saturated rings. The second-order valence-electron chi connectivity index (χ2n) is 6.41. The van der Waals surface area contributed by atoms with Gasteiger partial charge in [-0.1, -0.05) is 13.3 Å². The van der Waals surface area contributed by atoms with Crippen molar-refractivity contribution in [3.05, 3.63) is 0 Å². The van der Waals surface area contributed by atoms with Gasteiger partial charge in [0.25, 0.3) is 0 Å². The lowest BCUT2D eigenvalue weighted by Gasteiger charge is -2.50. The zero-order valence-electron chi connectivity index (χ0n) is 12.6. The van der Waals surface area contributed by atoms with Crippen molar-refractivity contribution in [1.82, 2.24) is 10.2 Å². The highest BCUT2D eigenvalue weighted by molar-refractivity contribution is 5.85. The molecule has 0 saturated carbocycles. The lowest BCUT2D eigenvalue weighted by atomic mass is 9.71. The summed E-state index contributed by atoms with van der Waals surface area (Å²) < 4.78 is 11.0. The van der Waals surface area contributed by atoms with Gasteiger partial charge in [-0.15, -0.1) is 0 Å². The van der Waals surface area contributed by atoms with Crippen LogP contribution in [0.5, 0.6) is 0 Å². The van der Waals surface area contributed by atoms with E-state index in [-0.39, 0.29) is 29.5 Å². The van der Waals surface area contributed by atoms with Crippen LogP contribution in [-0.4, -0.2) is 55.3 Å². The number of hydrogen-bond donors (Lipinski definition) is 1. The molecule has 3 heterocycles. The Morgan fingerprint density at radius 3 is 2.71 bits per heavy atom. The van der Waals surface area contributed by atoms with E-state index in [1.807, 2.05) is 4.90 Å². The summed E-state index contributed by atoms with van der Waals surface area (Å²) in [7, 11) is 0. The Bertz CT molecular complexity index is 412. The lowest BCUT2D eigenvalue weighted by molar-refractivity contribution is -0.141. The molecule has 2 bridgehead atoms. The van der Waals surface area contributed by atoms with Crippen molar-refractivity contribution in [2.24, 2.45) is 5.41 Å². The smallest absolute Gasteiger partial charge is 0.410 e. The number of morpholine rings is 1. The standard InChI is InChI=1S/C15H24N2O4/c1-2-3-6-21-14(19)17-11-7-15(4-5-16-13(15)18)8-12(17)10-20-9-11/h11-12H,2-10H2,1H3,(H,16,18). The third kappa shape index (κ3) is 2.61. The molecule has 0 aromatic carbocycles. The molecule has 3 saturated heterocycles. The molecule has 3 rings (SSSR count). The molecule has 21 heavy (non-hydrogen) atoms. The number of hydrogen-bond acceptors (Lipinski definition) is 4. The van der Waals surface area contributed by atoms with Crippen LogP contribution in [0.15, 0.2) is 0 Å². The van der Waals surface area contributed by atoms with E-state index in [1.54, 1.807) is 0 Å². The predicted molar refractivity (Wildman–Crippen MR) is 75.8 cm³/mol. The molecule has 1 spiro atoms. The second kappa shape index (κ2) is 5.83. The maximum Gasteiger partial charge on any atom is 0.410 e. The molecule has 6 heteroatoms. The van der Waals surface area contributed by atoms with Gasteiger partial charge in [-0.2, -0.15) is 0 Å². The van der Waals surface area contributed by atoms with Gasteiger partial charge >= 0.3 is 6.09 Å². The number of ether oxygens (including phenoxy) is 2. The molecule has 0 radical (unpaired) electrons. The summed E-state index contributed by atoms with van der Waals surface area (Å²) in [5.41, 5.74) is -0.292. The molecule has 3 aliphatic heterocycles. The third-order valence-corrected chi connectivity index (χ3v) is 4.97. The summed E-state index contributed by atoms with van der Waals surface area (Å²) in [5.74, 6) is 0.151. The van der Waals surface area contributed by atoms with Gasteiger partial charge in [0.05, 0.1) is 37.3 Å². The maximum atomic E-state index is 12.3. The van der Waals surface area contributed by atoms with Gasteiger partial charge in [0, 0.05) is 6.54 Å². The highest BCUT2D eigenvalue weighted by Gasteiger charge is 2.54. The zero-order valence-corrected chi connectivity index (χ0v) is 12.6. The van der Waals surface area contributed by atoms with Gasteiger partial charge < -0.3 is 14.8 Å². The van der Waals surface area contributed by atoms with Gasteiger partial charge in [-0.05, 0) is 25.7 Å². The van der Waals surface area contributed by atoms with Crippen LogP contribution in [0.2, 0.25) is 0 Å². The Morgan fingerprint density at radius 1 is 1.43 bits per heavy atom. The molecule has 2 atom stereocenters. The van der Waals surface area contributed by atoms with Crippen molar-refractivity contribution in [3.8, 4) is 0 Å². The van der Waals surface area contributed by atoms with E-state index >= 15 is 0 Å². The zero-order chi connectivity index (χ0) is 14.9. The first-order valence-corrected chi connectivity index (χ1v) is 7.97. The Balaban J connectivity index is 1.70. The first-order chi connectivity index (χ1) is 10.2. The van der Waals surface area contributed by atoms with Crippen molar-refractivity contribution >= 4 is 12.0 Å². The molecule has 2 amide bonds. The third-order valence-electron chi connectivity index (χ3n) is 4.97. The van der Waals surface area contributed by atoms with Gasteiger partial charge in [0.15, 0.2) is 0 Å². The number of unbranched alkanes of at least 4 members (excludes halogenated alkanes) is 1. The molecule has 118 valence electrons. The molecule has 0 aromatic heterocycles. The normalized spacial score (nSPS) is 34.9.